The van der Waals surface area contributed by atoms with E-state index < -0.39 is 24.1 Å². The zero-order valence-electron chi connectivity index (χ0n) is 19.6. The second-order valence-electron chi connectivity index (χ2n) is 9.70. The van der Waals surface area contributed by atoms with Crippen molar-refractivity contribution in [1.29, 1.82) is 0 Å². The first-order valence-electron chi connectivity index (χ1n) is 12.0. The van der Waals surface area contributed by atoms with Gasteiger partial charge in [-0.2, -0.15) is 0 Å². The van der Waals surface area contributed by atoms with E-state index in [4.69, 9.17) is 4.74 Å². The summed E-state index contributed by atoms with van der Waals surface area (Å²) in [5, 5.41) is 14.7. The first kappa shape index (κ1) is 23.8. The number of carboxylic acids is 1. The van der Waals surface area contributed by atoms with Crippen molar-refractivity contribution in [2.45, 2.75) is 57.5 Å². The zero-order chi connectivity index (χ0) is 24.2. The minimum atomic E-state index is -0.942. The Kier molecular flexibility index (Phi) is 7.20. The van der Waals surface area contributed by atoms with Crippen molar-refractivity contribution in [3.63, 3.8) is 0 Å². The standard InChI is InChI=1S/C27H32N2O5/c1-16(2)13-24(26(32)28-23(14-25(30)31)17-11-12-17)29-27(33)34-15-22-20-9-5-3-7-18(20)19-8-4-6-10-21(19)22/h3-10,16-17,22-24H,11-15H2,1-2H3,(H,28,32)(H,29,33)(H,30,31). The van der Waals surface area contributed by atoms with E-state index in [1.165, 1.54) is 0 Å². The van der Waals surface area contributed by atoms with E-state index in [9.17, 15) is 19.5 Å². The Morgan fingerprint density at radius 3 is 2.09 bits per heavy atom. The summed E-state index contributed by atoms with van der Waals surface area (Å²) < 4.78 is 5.61. The molecule has 0 bridgehead atoms. The molecule has 1 fully saturated rings. The number of ether oxygens (including phenoxy) is 1. The second kappa shape index (κ2) is 10.3. The molecule has 0 heterocycles. The smallest absolute Gasteiger partial charge is 0.407 e. The van der Waals surface area contributed by atoms with Crippen molar-refractivity contribution in [1.82, 2.24) is 10.6 Å². The topological polar surface area (TPSA) is 105 Å². The van der Waals surface area contributed by atoms with E-state index in [0.29, 0.717) is 6.42 Å². The van der Waals surface area contributed by atoms with E-state index in [1.807, 2.05) is 38.1 Å². The van der Waals surface area contributed by atoms with Gasteiger partial charge in [0, 0.05) is 12.0 Å². The van der Waals surface area contributed by atoms with Gasteiger partial charge in [-0.1, -0.05) is 62.4 Å². The predicted octanol–water partition coefficient (Wildman–Crippen LogP) is 4.31. The third-order valence-corrected chi connectivity index (χ3v) is 6.57. The average Bonchev–Trinajstić information content (AvgIpc) is 3.59. The number of hydrogen-bond acceptors (Lipinski definition) is 4. The summed E-state index contributed by atoms with van der Waals surface area (Å²) in [4.78, 5) is 36.9. The Bertz CT molecular complexity index is 1020. The normalized spacial score (nSPS) is 16.3. The van der Waals surface area contributed by atoms with Gasteiger partial charge < -0.3 is 20.5 Å². The molecule has 180 valence electrons. The number of fused-ring (bicyclic) bond motifs is 3. The van der Waals surface area contributed by atoms with E-state index in [1.54, 1.807) is 0 Å². The van der Waals surface area contributed by atoms with Crippen LogP contribution < -0.4 is 10.6 Å². The lowest BCUT2D eigenvalue weighted by Gasteiger charge is -2.24. The van der Waals surface area contributed by atoms with Crippen LogP contribution in [0, 0.1) is 11.8 Å². The van der Waals surface area contributed by atoms with Crippen molar-refractivity contribution in [2.75, 3.05) is 6.61 Å². The van der Waals surface area contributed by atoms with Crippen LogP contribution in [0.3, 0.4) is 0 Å². The molecule has 2 atom stereocenters. The highest BCUT2D eigenvalue weighted by molar-refractivity contribution is 5.86. The Morgan fingerprint density at radius 2 is 1.56 bits per heavy atom. The lowest BCUT2D eigenvalue weighted by atomic mass is 9.98. The number of amides is 2. The Labute approximate surface area is 199 Å². The van der Waals surface area contributed by atoms with E-state index in [0.717, 1.165) is 35.1 Å². The van der Waals surface area contributed by atoms with Gasteiger partial charge in [0.2, 0.25) is 5.91 Å². The molecule has 7 heteroatoms. The van der Waals surface area contributed by atoms with Gasteiger partial charge >= 0.3 is 12.1 Å². The second-order valence-corrected chi connectivity index (χ2v) is 9.70. The van der Waals surface area contributed by atoms with Gasteiger partial charge in [-0.05, 0) is 53.4 Å². The van der Waals surface area contributed by atoms with Crippen LogP contribution in [0.4, 0.5) is 4.79 Å². The number of aliphatic carboxylic acids is 1. The summed E-state index contributed by atoms with van der Waals surface area (Å²) in [6, 6.07) is 15.0. The minimum Gasteiger partial charge on any atom is -0.481 e. The number of benzene rings is 2. The van der Waals surface area contributed by atoms with Crippen LogP contribution in [0.5, 0.6) is 0 Å². The molecular weight excluding hydrogens is 432 g/mol. The lowest BCUT2D eigenvalue weighted by molar-refractivity contribution is -0.138. The molecule has 1 saturated carbocycles. The summed E-state index contributed by atoms with van der Waals surface area (Å²) in [7, 11) is 0. The maximum Gasteiger partial charge on any atom is 0.407 e. The molecule has 0 radical (unpaired) electrons. The van der Waals surface area contributed by atoms with Crippen LogP contribution in [0.2, 0.25) is 0 Å². The Hall–Kier alpha value is -3.35. The van der Waals surface area contributed by atoms with Crippen LogP contribution in [0.15, 0.2) is 48.5 Å². The number of carbonyl (C=O) groups excluding carboxylic acids is 2. The highest BCUT2D eigenvalue weighted by Crippen LogP contribution is 2.44. The van der Waals surface area contributed by atoms with Gasteiger partial charge in [0.15, 0.2) is 0 Å². The quantitative estimate of drug-likeness (QED) is 0.486. The zero-order valence-corrected chi connectivity index (χ0v) is 19.6. The summed E-state index contributed by atoms with van der Waals surface area (Å²) in [6.45, 7) is 4.10. The van der Waals surface area contributed by atoms with E-state index in [-0.39, 0.29) is 36.7 Å². The number of rotatable bonds is 10. The largest absolute Gasteiger partial charge is 0.481 e. The summed E-state index contributed by atoms with van der Waals surface area (Å²) in [6.07, 6.45) is 1.49. The first-order chi connectivity index (χ1) is 16.3. The van der Waals surface area contributed by atoms with Gasteiger partial charge in [-0.25, -0.2) is 4.79 Å². The molecular formula is C27H32N2O5. The fourth-order valence-electron chi connectivity index (χ4n) is 4.79. The summed E-state index contributed by atoms with van der Waals surface area (Å²) in [5.74, 6) is -1.02. The molecule has 0 aromatic heterocycles. The summed E-state index contributed by atoms with van der Waals surface area (Å²) in [5.41, 5.74) is 4.53. The SMILES string of the molecule is CC(C)CC(NC(=O)OCC1c2ccccc2-c2ccccc21)C(=O)NC(CC(=O)O)C1CC1. The highest BCUT2D eigenvalue weighted by Gasteiger charge is 2.36. The van der Waals surface area contributed by atoms with Crippen LogP contribution in [0.25, 0.3) is 11.1 Å². The molecule has 2 aliphatic rings. The maximum absolute atomic E-state index is 13.0. The van der Waals surface area contributed by atoms with Gasteiger partial charge in [0.05, 0.1) is 6.42 Å². The molecule has 7 nitrogen and oxygen atoms in total. The van der Waals surface area contributed by atoms with Gasteiger partial charge in [0.25, 0.3) is 0 Å². The van der Waals surface area contributed by atoms with Crippen molar-refractivity contribution < 1.29 is 24.2 Å². The number of hydrogen-bond donors (Lipinski definition) is 3. The fourth-order valence-corrected chi connectivity index (χ4v) is 4.79. The van der Waals surface area contributed by atoms with E-state index >= 15 is 0 Å². The molecule has 2 aromatic rings. The number of carbonyl (C=O) groups is 3. The van der Waals surface area contributed by atoms with Crippen molar-refractivity contribution in [3.05, 3.63) is 59.7 Å². The van der Waals surface area contributed by atoms with Gasteiger partial charge in [-0.15, -0.1) is 0 Å². The van der Waals surface area contributed by atoms with Crippen molar-refractivity contribution in [3.8, 4) is 11.1 Å². The third-order valence-electron chi connectivity index (χ3n) is 6.57. The molecule has 0 saturated heterocycles. The fraction of sp³-hybridized carbons (Fsp3) is 0.444. The molecule has 2 amide bonds. The van der Waals surface area contributed by atoms with Crippen LogP contribution in [0.1, 0.15) is 56.6 Å². The van der Waals surface area contributed by atoms with Crippen LogP contribution in [-0.4, -0.2) is 41.8 Å². The predicted molar refractivity (Wildman–Crippen MR) is 128 cm³/mol. The minimum absolute atomic E-state index is 0.0645. The first-order valence-corrected chi connectivity index (χ1v) is 12.0. The monoisotopic (exact) mass is 464 g/mol. The molecule has 2 aliphatic carbocycles. The summed E-state index contributed by atoms with van der Waals surface area (Å²) >= 11 is 0. The molecule has 4 rings (SSSR count). The lowest BCUT2D eigenvalue weighted by Crippen LogP contribution is -2.51. The van der Waals surface area contributed by atoms with Crippen molar-refractivity contribution >= 4 is 18.0 Å². The Morgan fingerprint density at radius 1 is 0.971 bits per heavy atom. The maximum atomic E-state index is 13.0. The average molecular weight is 465 g/mol. The molecule has 2 aromatic carbocycles. The third kappa shape index (κ3) is 5.58. The van der Waals surface area contributed by atoms with E-state index in [2.05, 4.69) is 34.9 Å². The van der Waals surface area contributed by atoms with Crippen molar-refractivity contribution in [2.24, 2.45) is 11.8 Å². The number of carboxylic acid groups (broad SMARTS) is 1. The van der Waals surface area contributed by atoms with Gasteiger partial charge in [-0.3, -0.25) is 9.59 Å². The highest BCUT2D eigenvalue weighted by atomic mass is 16.5. The van der Waals surface area contributed by atoms with Crippen LogP contribution >= 0.6 is 0 Å². The number of nitrogens with one attached hydrogen (secondary N) is 2. The molecule has 0 aliphatic heterocycles. The van der Waals surface area contributed by atoms with Crippen LogP contribution in [-0.2, 0) is 14.3 Å². The number of alkyl carbamates (subject to hydrolysis) is 1. The van der Waals surface area contributed by atoms with Gasteiger partial charge in [0.1, 0.15) is 12.6 Å². The molecule has 34 heavy (non-hydrogen) atoms. The molecule has 2 unspecified atom stereocenters. The Balaban J connectivity index is 1.40. The molecule has 0 spiro atoms. The molecule has 3 N–H and O–H groups in total.